The molecule has 0 heterocycles. The minimum atomic E-state index is -1.26. The van der Waals surface area contributed by atoms with E-state index in [1.165, 1.54) is 6.08 Å². The normalized spacial score (nSPS) is 8.57. The number of hydrogen-bond acceptors (Lipinski definition) is 3. The molecule has 0 bridgehead atoms. The fourth-order valence-corrected chi connectivity index (χ4v) is 0.266. The van der Waals surface area contributed by atoms with Crippen molar-refractivity contribution in [3.8, 4) is 0 Å². The molecule has 14 heavy (non-hydrogen) atoms. The van der Waals surface area contributed by atoms with E-state index in [9.17, 15) is 14.4 Å². The Morgan fingerprint density at radius 1 is 1.00 bits per heavy atom. The van der Waals surface area contributed by atoms with E-state index in [-0.39, 0.29) is 6.42 Å². The lowest BCUT2D eigenvalue weighted by molar-refractivity contribution is -0.136. The largest absolute Gasteiger partial charge is 0.481 e. The van der Waals surface area contributed by atoms with Crippen molar-refractivity contribution in [3.05, 3.63) is 24.8 Å². The van der Waals surface area contributed by atoms with Gasteiger partial charge in [0.2, 0.25) is 0 Å². The number of aliphatic carboxylic acids is 3. The van der Waals surface area contributed by atoms with Crippen LogP contribution in [0.3, 0.4) is 0 Å². The molecular formula is C8H10O6. The monoisotopic (exact) mass is 202 g/mol. The molecule has 0 aromatic carbocycles. The second-order valence-electron chi connectivity index (χ2n) is 1.90. The summed E-state index contributed by atoms with van der Waals surface area (Å²) in [7, 11) is 0. The molecule has 0 saturated carbocycles. The Bertz CT molecular complexity index is 237. The molecule has 0 saturated heterocycles. The molecule has 0 spiro atoms. The van der Waals surface area contributed by atoms with Crippen molar-refractivity contribution in [1.29, 1.82) is 0 Å². The van der Waals surface area contributed by atoms with Gasteiger partial charge in [0.1, 0.15) is 0 Å². The first kappa shape index (κ1) is 14.4. The van der Waals surface area contributed by atoms with Crippen molar-refractivity contribution in [2.45, 2.75) is 6.42 Å². The third-order valence-electron chi connectivity index (χ3n) is 0.687. The fraction of sp³-hybridized carbons (Fsp3) is 0.125. The summed E-state index contributed by atoms with van der Waals surface area (Å²) in [4.78, 5) is 28.6. The fourth-order valence-electron chi connectivity index (χ4n) is 0.266. The molecule has 0 rings (SSSR count). The molecule has 0 aliphatic rings. The lowest BCUT2D eigenvalue weighted by atomic mass is 10.4. The average molecular weight is 202 g/mol. The second kappa shape index (κ2) is 8.98. The van der Waals surface area contributed by atoms with Crippen LogP contribution in [-0.4, -0.2) is 33.2 Å². The first-order valence-electron chi connectivity index (χ1n) is 3.36. The molecule has 0 amide bonds. The SMILES string of the molecule is C=CCC(=O)O.O=C(O)/C=C/C(=O)O. The zero-order valence-electron chi connectivity index (χ0n) is 7.21. The van der Waals surface area contributed by atoms with Gasteiger partial charge in [-0.05, 0) is 0 Å². The maximum absolute atomic E-state index is 9.55. The Hall–Kier alpha value is -2.11. The van der Waals surface area contributed by atoms with Crippen LogP contribution in [0.4, 0.5) is 0 Å². The van der Waals surface area contributed by atoms with Gasteiger partial charge in [0.05, 0.1) is 6.42 Å². The van der Waals surface area contributed by atoms with Gasteiger partial charge in [0, 0.05) is 12.2 Å². The van der Waals surface area contributed by atoms with Gasteiger partial charge in [-0.25, -0.2) is 9.59 Å². The standard InChI is InChI=1S/C4H4O4.C4H6O2/c5-3(6)1-2-4(7)8;1-2-3-4(5)6/h1-2H,(H,5,6)(H,7,8);2H,1,3H2,(H,5,6)/b2-1+;. The van der Waals surface area contributed by atoms with Crippen LogP contribution in [0.15, 0.2) is 24.8 Å². The smallest absolute Gasteiger partial charge is 0.328 e. The van der Waals surface area contributed by atoms with Crippen molar-refractivity contribution in [2.24, 2.45) is 0 Å². The van der Waals surface area contributed by atoms with Gasteiger partial charge in [-0.15, -0.1) is 6.58 Å². The molecule has 78 valence electrons. The number of hydrogen-bond donors (Lipinski definition) is 3. The Morgan fingerprint density at radius 3 is 1.43 bits per heavy atom. The highest BCUT2D eigenvalue weighted by molar-refractivity contribution is 5.89. The Kier molecular flexibility index (Phi) is 9.25. The first-order chi connectivity index (χ1) is 6.40. The summed E-state index contributed by atoms with van der Waals surface area (Å²) < 4.78 is 0. The van der Waals surface area contributed by atoms with Crippen molar-refractivity contribution in [3.63, 3.8) is 0 Å². The summed E-state index contributed by atoms with van der Waals surface area (Å²) in [5.74, 6) is -3.34. The molecule has 0 fully saturated rings. The number of carboxylic acid groups (broad SMARTS) is 3. The highest BCUT2D eigenvalue weighted by Crippen LogP contribution is 1.74. The first-order valence-corrected chi connectivity index (χ1v) is 3.36. The topological polar surface area (TPSA) is 112 Å². The van der Waals surface area contributed by atoms with E-state index in [1.54, 1.807) is 0 Å². The summed E-state index contributed by atoms with van der Waals surface area (Å²) in [6.07, 6.45) is 2.52. The summed E-state index contributed by atoms with van der Waals surface area (Å²) in [5.41, 5.74) is 0. The average Bonchev–Trinajstić information content (AvgIpc) is 2.01. The Morgan fingerprint density at radius 2 is 1.36 bits per heavy atom. The molecule has 6 nitrogen and oxygen atoms in total. The molecule has 6 heteroatoms. The zero-order valence-corrected chi connectivity index (χ0v) is 7.21. The van der Waals surface area contributed by atoms with Crippen LogP contribution in [0.25, 0.3) is 0 Å². The lowest BCUT2D eigenvalue weighted by Crippen LogP contribution is -1.91. The van der Waals surface area contributed by atoms with Crippen molar-refractivity contribution < 1.29 is 29.7 Å². The molecule has 3 N–H and O–H groups in total. The minimum absolute atomic E-state index is 0.0556. The van der Waals surface area contributed by atoms with Gasteiger partial charge >= 0.3 is 17.9 Å². The molecule has 0 aromatic heterocycles. The van der Waals surface area contributed by atoms with Gasteiger partial charge in [-0.3, -0.25) is 4.79 Å². The molecule has 0 radical (unpaired) electrons. The summed E-state index contributed by atoms with van der Waals surface area (Å²) >= 11 is 0. The summed E-state index contributed by atoms with van der Waals surface area (Å²) in [6.45, 7) is 3.22. The number of rotatable bonds is 4. The quantitative estimate of drug-likeness (QED) is 0.448. The van der Waals surface area contributed by atoms with Gasteiger partial charge in [0.25, 0.3) is 0 Å². The zero-order chi connectivity index (χ0) is 11.6. The van der Waals surface area contributed by atoms with Gasteiger partial charge in [-0.1, -0.05) is 6.08 Å². The van der Waals surface area contributed by atoms with E-state index < -0.39 is 17.9 Å². The van der Waals surface area contributed by atoms with Gasteiger partial charge < -0.3 is 15.3 Å². The molecule has 0 aromatic rings. The van der Waals surface area contributed by atoms with Crippen LogP contribution in [-0.2, 0) is 14.4 Å². The summed E-state index contributed by atoms with van der Waals surface area (Å²) in [6, 6.07) is 0. The highest BCUT2D eigenvalue weighted by atomic mass is 16.4. The van der Waals surface area contributed by atoms with E-state index in [4.69, 9.17) is 15.3 Å². The second-order valence-corrected chi connectivity index (χ2v) is 1.90. The lowest BCUT2D eigenvalue weighted by Gasteiger charge is -1.75. The Labute approximate surface area is 79.8 Å². The minimum Gasteiger partial charge on any atom is -0.481 e. The molecule has 0 unspecified atom stereocenters. The van der Waals surface area contributed by atoms with Gasteiger partial charge in [0.15, 0.2) is 0 Å². The van der Waals surface area contributed by atoms with E-state index in [2.05, 4.69) is 6.58 Å². The summed E-state index contributed by atoms with van der Waals surface area (Å²) in [5, 5.41) is 23.5. The predicted molar refractivity (Wildman–Crippen MR) is 46.9 cm³/mol. The van der Waals surface area contributed by atoms with Crippen LogP contribution < -0.4 is 0 Å². The van der Waals surface area contributed by atoms with Crippen LogP contribution in [0, 0.1) is 0 Å². The van der Waals surface area contributed by atoms with Crippen molar-refractivity contribution >= 4 is 17.9 Å². The third-order valence-corrected chi connectivity index (χ3v) is 0.687. The van der Waals surface area contributed by atoms with E-state index in [0.717, 1.165) is 0 Å². The van der Waals surface area contributed by atoms with E-state index in [0.29, 0.717) is 12.2 Å². The number of carbonyl (C=O) groups is 3. The molecule has 0 aliphatic carbocycles. The van der Waals surface area contributed by atoms with Crippen LogP contribution in [0.2, 0.25) is 0 Å². The van der Waals surface area contributed by atoms with Crippen LogP contribution in [0.5, 0.6) is 0 Å². The van der Waals surface area contributed by atoms with E-state index in [1.807, 2.05) is 0 Å². The maximum Gasteiger partial charge on any atom is 0.328 e. The van der Waals surface area contributed by atoms with Crippen molar-refractivity contribution in [2.75, 3.05) is 0 Å². The predicted octanol–water partition coefficient (Wildman–Crippen LogP) is 0.359. The number of carboxylic acids is 3. The molecule has 0 atom stereocenters. The van der Waals surface area contributed by atoms with Crippen molar-refractivity contribution in [1.82, 2.24) is 0 Å². The maximum atomic E-state index is 9.55. The third kappa shape index (κ3) is 22.5. The van der Waals surface area contributed by atoms with Crippen LogP contribution in [0.1, 0.15) is 6.42 Å². The molecular weight excluding hydrogens is 192 g/mol. The highest BCUT2D eigenvalue weighted by Gasteiger charge is 1.88. The Balaban J connectivity index is 0. The van der Waals surface area contributed by atoms with Gasteiger partial charge in [-0.2, -0.15) is 0 Å². The molecule has 0 aliphatic heterocycles. The van der Waals surface area contributed by atoms with Crippen LogP contribution >= 0.6 is 0 Å². The van der Waals surface area contributed by atoms with E-state index >= 15 is 0 Å².